The average molecular weight is 236 g/mol. The lowest BCUT2D eigenvalue weighted by Crippen LogP contribution is -2.17. The van der Waals surface area contributed by atoms with Crippen LogP contribution in [0.1, 0.15) is 25.8 Å². The quantitative estimate of drug-likeness (QED) is 0.595. The second-order valence-electron chi connectivity index (χ2n) is 4.21. The fourth-order valence-corrected chi connectivity index (χ4v) is 1.51. The van der Waals surface area contributed by atoms with Crippen LogP contribution in [0.25, 0.3) is 0 Å². The van der Waals surface area contributed by atoms with E-state index < -0.39 is 21.8 Å². The van der Waals surface area contributed by atoms with Crippen LogP contribution < -0.4 is 0 Å². The molecule has 0 radical (unpaired) electrons. The Morgan fingerprint density at radius 3 is 2.71 bits per heavy atom. The van der Waals surface area contributed by atoms with Crippen LogP contribution in [-0.4, -0.2) is 4.92 Å². The number of rotatable bonds is 4. The van der Waals surface area contributed by atoms with Crippen molar-refractivity contribution in [3.63, 3.8) is 0 Å². The number of nitro groups is 1. The van der Waals surface area contributed by atoms with E-state index in [9.17, 15) is 14.5 Å². The number of halogens is 1. The van der Waals surface area contributed by atoms with Gasteiger partial charge in [0.2, 0.25) is 5.82 Å². The van der Waals surface area contributed by atoms with E-state index in [1.165, 1.54) is 12.1 Å². The largest absolute Gasteiger partial charge is 0.305 e. The SMILES string of the molecule is CCC(C)(C#N)Cc1cccc([N+](=O)[O-])c1F. The molecule has 0 amide bonds. The molecule has 1 aromatic rings. The van der Waals surface area contributed by atoms with Gasteiger partial charge in [-0.3, -0.25) is 10.1 Å². The zero-order valence-electron chi connectivity index (χ0n) is 9.74. The van der Waals surface area contributed by atoms with Gasteiger partial charge < -0.3 is 0 Å². The first-order valence-corrected chi connectivity index (χ1v) is 5.26. The first-order chi connectivity index (χ1) is 7.93. The van der Waals surface area contributed by atoms with E-state index in [1.807, 2.05) is 6.92 Å². The van der Waals surface area contributed by atoms with E-state index in [4.69, 9.17) is 5.26 Å². The molecule has 0 aliphatic carbocycles. The van der Waals surface area contributed by atoms with Crippen LogP contribution in [0.3, 0.4) is 0 Å². The van der Waals surface area contributed by atoms with Crippen molar-refractivity contribution in [2.24, 2.45) is 5.41 Å². The predicted octanol–water partition coefficient (Wildman–Crippen LogP) is 3.22. The number of hydrogen-bond acceptors (Lipinski definition) is 3. The van der Waals surface area contributed by atoms with Crippen molar-refractivity contribution < 1.29 is 9.31 Å². The molecule has 1 rings (SSSR count). The van der Waals surface area contributed by atoms with Gasteiger partial charge in [0.25, 0.3) is 0 Å². The van der Waals surface area contributed by atoms with Gasteiger partial charge in [0, 0.05) is 6.07 Å². The summed E-state index contributed by atoms with van der Waals surface area (Å²) in [4.78, 5) is 9.82. The number of benzene rings is 1. The van der Waals surface area contributed by atoms with Crippen LogP contribution in [0.5, 0.6) is 0 Å². The third kappa shape index (κ3) is 2.78. The van der Waals surface area contributed by atoms with Crippen molar-refractivity contribution in [1.29, 1.82) is 5.26 Å². The molecule has 1 atom stereocenters. The molecule has 1 aromatic carbocycles. The lowest BCUT2D eigenvalue weighted by atomic mass is 9.82. The van der Waals surface area contributed by atoms with E-state index in [0.29, 0.717) is 6.42 Å². The minimum Gasteiger partial charge on any atom is -0.258 e. The Labute approximate surface area is 98.8 Å². The van der Waals surface area contributed by atoms with Gasteiger partial charge in [0.15, 0.2) is 0 Å². The molecule has 0 aromatic heterocycles. The van der Waals surface area contributed by atoms with Gasteiger partial charge >= 0.3 is 5.69 Å². The van der Waals surface area contributed by atoms with Crippen molar-refractivity contribution in [2.45, 2.75) is 26.7 Å². The van der Waals surface area contributed by atoms with Gasteiger partial charge in [-0.1, -0.05) is 19.1 Å². The molecule has 0 bridgehead atoms. The fourth-order valence-electron chi connectivity index (χ4n) is 1.51. The molecule has 0 aliphatic heterocycles. The number of nitrogens with zero attached hydrogens (tertiary/aromatic N) is 2. The third-order valence-corrected chi connectivity index (χ3v) is 2.89. The summed E-state index contributed by atoms with van der Waals surface area (Å²) in [7, 11) is 0. The molecule has 5 heteroatoms. The minimum absolute atomic E-state index is 0.174. The molecule has 17 heavy (non-hydrogen) atoms. The number of nitriles is 1. The topological polar surface area (TPSA) is 66.9 Å². The van der Waals surface area contributed by atoms with E-state index in [0.717, 1.165) is 6.07 Å². The highest BCUT2D eigenvalue weighted by Gasteiger charge is 2.26. The van der Waals surface area contributed by atoms with Crippen molar-refractivity contribution in [3.8, 4) is 6.07 Å². The van der Waals surface area contributed by atoms with E-state index in [2.05, 4.69) is 6.07 Å². The molecule has 1 unspecified atom stereocenters. The zero-order valence-corrected chi connectivity index (χ0v) is 9.74. The van der Waals surface area contributed by atoms with Crippen LogP contribution in [0, 0.1) is 32.7 Å². The van der Waals surface area contributed by atoms with Crippen LogP contribution in [0.15, 0.2) is 18.2 Å². The standard InChI is InChI=1S/C12H13FN2O2/c1-3-12(2,8-14)7-9-5-4-6-10(11(9)13)15(16)17/h4-6H,3,7H2,1-2H3. The van der Waals surface area contributed by atoms with Crippen molar-refractivity contribution >= 4 is 5.69 Å². The molecule has 0 saturated heterocycles. The lowest BCUT2D eigenvalue weighted by Gasteiger charge is -2.19. The summed E-state index contributed by atoms with van der Waals surface area (Å²) >= 11 is 0. The molecule has 90 valence electrons. The highest BCUT2D eigenvalue weighted by atomic mass is 19.1. The van der Waals surface area contributed by atoms with Crippen LogP contribution >= 0.6 is 0 Å². The molecule has 0 fully saturated rings. The van der Waals surface area contributed by atoms with E-state index >= 15 is 0 Å². The summed E-state index contributed by atoms with van der Waals surface area (Å²) in [5, 5.41) is 19.6. The zero-order chi connectivity index (χ0) is 13.1. The average Bonchev–Trinajstić information content (AvgIpc) is 2.31. The lowest BCUT2D eigenvalue weighted by molar-refractivity contribution is -0.387. The molecule has 0 aliphatic rings. The smallest absolute Gasteiger partial charge is 0.258 e. The predicted molar refractivity (Wildman–Crippen MR) is 60.8 cm³/mol. The number of hydrogen-bond donors (Lipinski definition) is 0. The minimum atomic E-state index is -0.840. The van der Waals surface area contributed by atoms with Gasteiger partial charge in [-0.15, -0.1) is 0 Å². The summed E-state index contributed by atoms with van der Waals surface area (Å²) in [6, 6.07) is 6.15. The van der Waals surface area contributed by atoms with Gasteiger partial charge in [-0.2, -0.15) is 9.65 Å². The summed E-state index contributed by atoms with van der Waals surface area (Å²) < 4.78 is 13.8. The second kappa shape index (κ2) is 4.91. The first-order valence-electron chi connectivity index (χ1n) is 5.26. The monoisotopic (exact) mass is 236 g/mol. The Kier molecular flexibility index (Phi) is 3.79. The number of nitro benzene ring substituents is 1. The molecule has 0 saturated carbocycles. The highest BCUT2D eigenvalue weighted by molar-refractivity contribution is 5.37. The normalized spacial score (nSPS) is 13.8. The van der Waals surface area contributed by atoms with Crippen LogP contribution in [0.4, 0.5) is 10.1 Å². The van der Waals surface area contributed by atoms with Crippen molar-refractivity contribution in [2.75, 3.05) is 0 Å². The van der Waals surface area contributed by atoms with Gasteiger partial charge in [0.05, 0.1) is 16.4 Å². The Morgan fingerprint density at radius 2 is 2.24 bits per heavy atom. The maximum absolute atomic E-state index is 13.8. The maximum atomic E-state index is 13.8. The van der Waals surface area contributed by atoms with Gasteiger partial charge in [-0.05, 0) is 25.3 Å². The molecular weight excluding hydrogens is 223 g/mol. The summed E-state index contributed by atoms with van der Waals surface area (Å²) in [5.74, 6) is -0.840. The molecule has 0 N–H and O–H groups in total. The molecule has 0 spiro atoms. The van der Waals surface area contributed by atoms with Crippen molar-refractivity contribution in [3.05, 3.63) is 39.7 Å². The van der Waals surface area contributed by atoms with Crippen LogP contribution in [0.2, 0.25) is 0 Å². The Balaban J connectivity index is 3.13. The van der Waals surface area contributed by atoms with Crippen LogP contribution in [-0.2, 0) is 6.42 Å². The molecular formula is C12H13FN2O2. The van der Waals surface area contributed by atoms with Crippen molar-refractivity contribution in [1.82, 2.24) is 0 Å². The summed E-state index contributed by atoms with van der Waals surface area (Å²) in [5.41, 5.74) is -1.03. The fraction of sp³-hybridized carbons (Fsp3) is 0.417. The highest BCUT2D eigenvalue weighted by Crippen LogP contribution is 2.29. The maximum Gasteiger partial charge on any atom is 0.305 e. The van der Waals surface area contributed by atoms with E-state index in [-0.39, 0.29) is 12.0 Å². The Morgan fingerprint density at radius 1 is 1.59 bits per heavy atom. The molecule has 0 heterocycles. The Bertz CT molecular complexity index is 482. The summed E-state index contributed by atoms with van der Waals surface area (Å²) in [6.45, 7) is 3.55. The first kappa shape index (κ1) is 13.1. The second-order valence-corrected chi connectivity index (χ2v) is 4.21. The van der Waals surface area contributed by atoms with E-state index in [1.54, 1.807) is 6.92 Å². The summed E-state index contributed by atoms with van der Waals surface area (Å²) in [6.07, 6.45) is 0.735. The van der Waals surface area contributed by atoms with Gasteiger partial charge in [-0.25, -0.2) is 0 Å². The third-order valence-electron chi connectivity index (χ3n) is 2.89. The van der Waals surface area contributed by atoms with Gasteiger partial charge in [0.1, 0.15) is 0 Å². The molecule has 4 nitrogen and oxygen atoms in total. The Hall–Kier alpha value is -1.96.